The zero-order chi connectivity index (χ0) is 12.0. The summed E-state index contributed by atoms with van der Waals surface area (Å²) in [4.78, 5) is 11.2. The van der Waals surface area contributed by atoms with E-state index in [1.807, 2.05) is 18.5 Å². The number of nitrogens with zero attached hydrogens (tertiary/aromatic N) is 3. The highest BCUT2D eigenvalue weighted by Crippen LogP contribution is 2.16. The first kappa shape index (κ1) is 13.0. The van der Waals surface area contributed by atoms with E-state index in [4.69, 9.17) is 5.73 Å². The number of carbonyl (C=O) groups is 1. The molecule has 3 N–H and O–H groups in total. The summed E-state index contributed by atoms with van der Waals surface area (Å²) in [6.45, 7) is 2.95. The molecule has 1 heterocycles. The largest absolute Gasteiger partial charge is 0.356 e. The lowest BCUT2D eigenvalue weighted by molar-refractivity contribution is -0.120. The Kier molecular flexibility index (Phi) is 5.27. The van der Waals surface area contributed by atoms with E-state index < -0.39 is 0 Å². The molecule has 0 aliphatic heterocycles. The smallest absolute Gasteiger partial charge is 0.220 e. The minimum Gasteiger partial charge on any atom is -0.356 e. The van der Waals surface area contributed by atoms with Crippen LogP contribution in [0.4, 0.5) is 0 Å². The lowest BCUT2D eigenvalue weighted by Crippen LogP contribution is -2.22. The summed E-state index contributed by atoms with van der Waals surface area (Å²) in [5, 5.41) is 11.5. The van der Waals surface area contributed by atoms with Crippen molar-refractivity contribution in [3.05, 3.63) is 5.82 Å². The van der Waals surface area contributed by atoms with Gasteiger partial charge in [-0.25, -0.2) is 0 Å². The van der Waals surface area contributed by atoms with Crippen molar-refractivity contribution < 1.29 is 4.79 Å². The van der Waals surface area contributed by atoms with Crippen LogP contribution in [0.25, 0.3) is 0 Å². The first-order chi connectivity index (χ1) is 7.69. The number of amides is 1. The molecule has 7 heteroatoms. The molecule has 0 saturated heterocycles. The predicted octanol–water partition coefficient (Wildman–Crippen LogP) is -0.108. The van der Waals surface area contributed by atoms with Gasteiger partial charge in [0, 0.05) is 25.8 Å². The van der Waals surface area contributed by atoms with Gasteiger partial charge in [-0.1, -0.05) is 11.8 Å². The summed E-state index contributed by atoms with van der Waals surface area (Å²) in [6, 6.07) is 0. The van der Waals surface area contributed by atoms with Crippen molar-refractivity contribution in [2.45, 2.75) is 25.0 Å². The van der Waals surface area contributed by atoms with Gasteiger partial charge in [0.25, 0.3) is 0 Å². The van der Waals surface area contributed by atoms with Crippen LogP contribution in [-0.2, 0) is 18.4 Å². The van der Waals surface area contributed by atoms with E-state index in [-0.39, 0.29) is 5.91 Å². The SMILES string of the molecule is CCNC(=O)CCSc1nnc(CN)n1C. The average Bonchev–Trinajstić information content (AvgIpc) is 2.60. The lowest BCUT2D eigenvalue weighted by atomic mass is 10.4. The third-order valence-corrected chi connectivity index (χ3v) is 3.06. The van der Waals surface area contributed by atoms with Crippen molar-refractivity contribution >= 4 is 17.7 Å². The molecular weight excluding hydrogens is 226 g/mol. The Labute approximate surface area is 99.0 Å². The van der Waals surface area contributed by atoms with Crippen molar-refractivity contribution in [3.63, 3.8) is 0 Å². The highest BCUT2D eigenvalue weighted by Gasteiger charge is 2.08. The zero-order valence-electron chi connectivity index (χ0n) is 9.56. The summed E-state index contributed by atoms with van der Waals surface area (Å²) in [7, 11) is 1.87. The van der Waals surface area contributed by atoms with E-state index >= 15 is 0 Å². The molecule has 0 radical (unpaired) electrons. The van der Waals surface area contributed by atoms with Crippen molar-refractivity contribution in [2.24, 2.45) is 12.8 Å². The summed E-state index contributed by atoms with van der Waals surface area (Å²) >= 11 is 1.51. The van der Waals surface area contributed by atoms with Gasteiger partial charge < -0.3 is 15.6 Å². The molecule has 1 aromatic rings. The average molecular weight is 243 g/mol. The molecule has 1 amide bonds. The Balaban J connectivity index is 2.37. The molecule has 0 fully saturated rings. The fourth-order valence-electron chi connectivity index (χ4n) is 1.17. The van der Waals surface area contributed by atoms with Crippen LogP contribution in [0.5, 0.6) is 0 Å². The third-order valence-electron chi connectivity index (χ3n) is 2.04. The summed E-state index contributed by atoms with van der Waals surface area (Å²) < 4.78 is 1.85. The molecule has 1 rings (SSSR count). The number of carbonyl (C=O) groups excluding carboxylic acids is 1. The molecule has 0 aliphatic carbocycles. The second kappa shape index (κ2) is 6.49. The van der Waals surface area contributed by atoms with E-state index in [9.17, 15) is 4.79 Å². The maximum Gasteiger partial charge on any atom is 0.220 e. The van der Waals surface area contributed by atoms with Crippen molar-refractivity contribution in [3.8, 4) is 0 Å². The molecule has 6 nitrogen and oxygen atoms in total. The molecule has 0 unspecified atom stereocenters. The fraction of sp³-hybridized carbons (Fsp3) is 0.667. The monoisotopic (exact) mass is 243 g/mol. The Morgan fingerprint density at radius 3 is 2.88 bits per heavy atom. The molecule has 0 bridgehead atoms. The molecule has 0 aliphatic rings. The zero-order valence-corrected chi connectivity index (χ0v) is 10.4. The van der Waals surface area contributed by atoms with E-state index in [1.54, 1.807) is 0 Å². The maximum atomic E-state index is 11.2. The Bertz CT molecular complexity index is 352. The van der Waals surface area contributed by atoms with Crippen LogP contribution in [0.15, 0.2) is 5.16 Å². The molecule has 90 valence electrons. The van der Waals surface area contributed by atoms with Gasteiger partial charge in [0.2, 0.25) is 5.91 Å². The van der Waals surface area contributed by atoms with Crippen molar-refractivity contribution in [1.82, 2.24) is 20.1 Å². The van der Waals surface area contributed by atoms with Crippen LogP contribution in [0, 0.1) is 0 Å². The first-order valence-electron chi connectivity index (χ1n) is 5.16. The maximum absolute atomic E-state index is 11.2. The van der Waals surface area contributed by atoms with Gasteiger partial charge in [0.05, 0.1) is 6.54 Å². The topological polar surface area (TPSA) is 85.8 Å². The molecule has 0 spiro atoms. The molecular formula is C9H17N5OS. The van der Waals surface area contributed by atoms with Gasteiger partial charge in [-0.15, -0.1) is 10.2 Å². The van der Waals surface area contributed by atoms with Crippen LogP contribution >= 0.6 is 11.8 Å². The van der Waals surface area contributed by atoms with Crippen LogP contribution in [-0.4, -0.2) is 33.0 Å². The predicted molar refractivity (Wildman–Crippen MR) is 62.9 cm³/mol. The van der Waals surface area contributed by atoms with Crippen molar-refractivity contribution in [2.75, 3.05) is 12.3 Å². The quantitative estimate of drug-likeness (QED) is 0.681. The molecule has 1 aromatic heterocycles. The van der Waals surface area contributed by atoms with Crippen LogP contribution in [0.2, 0.25) is 0 Å². The van der Waals surface area contributed by atoms with Gasteiger partial charge in [0.1, 0.15) is 5.82 Å². The van der Waals surface area contributed by atoms with Gasteiger partial charge in [-0.05, 0) is 6.92 Å². The second-order valence-electron chi connectivity index (χ2n) is 3.21. The van der Waals surface area contributed by atoms with Crippen LogP contribution in [0.3, 0.4) is 0 Å². The summed E-state index contributed by atoms with van der Waals surface area (Å²) in [5.41, 5.74) is 5.48. The summed E-state index contributed by atoms with van der Waals surface area (Å²) in [6.07, 6.45) is 0.489. The Morgan fingerprint density at radius 1 is 1.56 bits per heavy atom. The highest BCUT2D eigenvalue weighted by molar-refractivity contribution is 7.99. The fourth-order valence-corrected chi connectivity index (χ4v) is 2.04. The van der Waals surface area contributed by atoms with Gasteiger partial charge >= 0.3 is 0 Å². The number of thioether (sulfide) groups is 1. The molecule has 16 heavy (non-hydrogen) atoms. The molecule has 0 saturated carbocycles. The van der Waals surface area contributed by atoms with E-state index in [0.717, 1.165) is 11.0 Å². The normalized spacial score (nSPS) is 10.4. The minimum absolute atomic E-state index is 0.0659. The van der Waals surface area contributed by atoms with Crippen LogP contribution < -0.4 is 11.1 Å². The Hall–Kier alpha value is -1.08. The second-order valence-corrected chi connectivity index (χ2v) is 4.28. The molecule has 0 aromatic carbocycles. The van der Waals surface area contributed by atoms with Gasteiger partial charge in [0.15, 0.2) is 5.16 Å². The number of rotatable bonds is 6. The van der Waals surface area contributed by atoms with Gasteiger partial charge in [-0.3, -0.25) is 4.79 Å². The number of hydrogen-bond donors (Lipinski definition) is 2. The number of nitrogens with one attached hydrogen (secondary N) is 1. The lowest BCUT2D eigenvalue weighted by Gasteiger charge is -2.02. The van der Waals surface area contributed by atoms with Gasteiger partial charge in [-0.2, -0.15) is 0 Å². The third kappa shape index (κ3) is 3.49. The summed E-state index contributed by atoms with van der Waals surface area (Å²) in [5.74, 6) is 1.51. The highest BCUT2D eigenvalue weighted by atomic mass is 32.2. The van der Waals surface area contributed by atoms with E-state index in [1.165, 1.54) is 11.8 Å². The number of hydrogen-bond acceptors (Lipinski definition) is 5. The van der Waals surface area contributed by atoms with E-state index in [0.29, 0.717) is 25.3 Å². The van der Waals surface area contributed by atoms with E-state index in [2.05, 4.69) is 15.5 Å². The Morgan fingerprint density at radius 2 is 2.31 bits per heavy atom. The number of aromatic nitrogens is 3. The number of nitrogens with two attached hydrogens (primary N) is 1. The van der Waals surface area contributed by atoms with Crippen molar-refractivity contribution in [1.29, 1.82) is 0 Å². The first-order valence-corrected chi connectivity index (χ1v) is 6.15. The molecule has 0 atom stereocenters. The van der Waals surface area contributed by atoms with Crippen LogP contribution in [0.1, 0.15) is 19.2 Å². The minimum atomic E-state index is 0.0659. The standard InChI is InChI=1S/C9H17N5OS/c1-3-11-8(15)4-5-16-9-13-12-7(6-10)14(9)2/h3-6,10H2,1-2H3,(H,11,15).